The lowest BCUT2D eigenvalue weighted by Crippen LogP contribution is -2.29. The molecule has 0 aliphatic heterocycles. The molecule has 0 radical (unpaired) electrons. The molecule has 10 heavy (non-hydrogen) atoms. The zero-order valence-corrected chi connectivity index (χ0v) is 8.74. The van der Waals surface area contributed by atoms with Gasteiger partial charge in [0.05, 0.1) is 0 Å². The van der Waals surface area contributed by atoms with E-state index in [1.807, 2.05) is 0 Å². The average molecular weight is 208 g/mol. The summed E-state index contributed by atoms with van der Waals surface area (Å²) in [5.41, 5.74) is 0. The molecule has 0 saturated heterocycles. The van der Waals surface area contributed by atoms with Crippen molar-refractivity contribution >= 4 is 15.9 Å². The molecule has 0 saturated carbocycles. The second kappa shape index (κ2) is 6.17. The predicted octanol–water partition coefficient (Wildman–Crippen LogP) is 2.55. The molecule has 0 bridgehead atoms. The Morgan fingerprint density at radius 2 is 2.00 bits per heavy atom. The first-order valence-corrected chi connectivity index (χ1v) is 4.99. The maximum atomic E-state index is 3.55. The van der Waals surface area contributed by atoms with Crippen LogP contribution in [0.5, 0.6) is 0 Å². The van der Waals surface area contributed by atoms with E-state index in [-0.39, 0.29) is 0 Å². The van der Waals surface area contributed by atoms with Crippen LogP contribution in [0.25, 0.3) is 0 Å². The van der Waals surface area contributed by atoms with Gasteiger partial charge in [0.1, 0.15) is 0 Å². The number of alkyl halides is 1. The van der Waals surface area contributed by atoms with Gasteiger partial charge in [-0.3, -0.25) is 0 Å². The summed E-state index contributed by atoms with van der Waals surface area (Å²) in [4.78, 5) is 0.636. The number of halogens is 1. The van der Waals surface area contributed by atoms with Gasteiger partial charge in [0.2, 0.25) is 0 Å². The van der Waals surface area contributed by atoms with Crippen LogP contribution in [0.4, 0.5) is 0 Å². The Morgan fingerprint density at radius 3 is 2.30 bits per heavy atom. The first-order chi connectivity index (χ1) is 4.70. The summed E-state index contributed by atoms with van der Waals surface area (Å²) in [5.74, 6) is 0. The monoisotopic (exact) mass is 207 g/mol. The Balaban J connectivity index is 3.39. The van der Waals surface area contributed by atoms with E-state index in [9.17, 15) is 0 Å². The van der Waals surface area contributed by atoms with Crippen LogP contribution in [0, 0.1) is 0 Å². The van der Waals surface area contributed by atoms with Crippen molar-refractivity contribution in [2.45, 2.75) is 44.5 Å². The minimum atomic E-state index is 0.636. The molecular weight excluding hydrogens is 190 g/mol. The Kier molecular flexibility index (Phi) is 6.44. The van der Waals surface area contributed by atoms with Gasteiger partial charge >= 0.3 is 0 Å². The van der Waals surface area contributed by atoms with Gasteiger partial charge in [0.15, 0.2) is 0 Å². The molecule has 1 N–H and O–H groups in total. The topological polar surface area (TPSA) is 12.0 Å². The van der Waals surface area contributed by atoms with Crippen molar-refractivity contribution in [3.63, 3.8) is 0 Å². The van der Waals surface area contributed by atoms with Crippen molar-refractivity contribution in [3.05, 3.63) is 0 Å². The van der Waals surface area contributed by atoms with Crippen molar-refractivity contribution < 1.29 is 0 Å². The van der Waals surface area contributed by atoms with Crippen LogP contribution in [-0.2, 0) is 0 Å². The fraction of sp³-hybridized carbons (Fsp3) is 1.00. The van der Waals surface area contributed by atoms with E-state index in [1.165, 1.54) is 12.8 Å². The standard InChI is InChI=1S/C8H18BrN/c1-4-8(10-5-2)6-7(3)9/h7-8,10H,4-6H2,1-3H3. The number of hydrogen-bond donors (Lipinski definition) is 1. The fourth-order valence-corrected chi connectivity index (χ4v) is 1.53. The highest BCUT2D eigenvalue weighted by Gasteiger charge is 2.06. The third kappa shape index (κ3) is 5.24. The zero-order valence-electron chi connectivity index (χ0n) is 7.15. The summed E-state index contributed by atoms with van der Waals surface area (Å²) in [6, 6.07) is 0.694. The molecule has 0 aromatic heterocycles. The van der Waals surface area contributed by atoms with Crippen molar-refractivity contribution in [1.29, 1.82) is 0 Å². The first kappa shape index (κ1) is 10.4. The lowest BCUT2D eigenvalue weighted by Gasteiger charge is -2.16. The minimum Gasteiger partial charge on any atom is -0.314 e. The lowest BCUT2D eigenvalue weighted by molar-refractivity contribution is 0.482. The van der Waals surface area contributed by atoms with E-state index in [0.29, 0.717) is 10.9 Å². The van der Waals surface area contributed by atoms with E-state index in [2.05, 4.69) is 42.0 Å². The van der Waals surface area contributed by atoms with Crippen LogP contribution in [0.1, 0.15) is 33.6 Å². The molecule has 0 aliphatic rings. The Bertz CT molecular complexity index is 73.7. The summed E-state index contributed by atoms with van der Waals surface area (Å²) >= 11 is 3.55. The summed E-state index contributed by atoms with van der Waals surface area (Å²) in [6.07, 6.45) is 2.45. The highest BCUT2D eigenvalue weighted by molar-refractivity contribution is 9.09. The Hall–Kier alpha value is 0.440. The zero-order chi connectivity index (χ0) is 7.98. The molecule has 2 atom stereocenters. The molecule has 0 aromatic rings. The van der Waals surface area contributed by atoms with Crippen LogP contribution in [0.15, 0.2) is 0 Å². The third-order valence-corrected chi connectivity index (χ3v) is 1.97. The second-order valence-corrected chi connectivity index (χ2v) is 4.24. The number of hydrogen-bond acceptors (Lipinski definition) is 1. The highest BCUT2D eigenvalue weighted by atomic mass is 79.9. The van der Waals surface area contributed by atoms with Gasteiger partial charge in [-0.1, -0.05) is 36.7 Å². The van der Waals surface area contributed by atoms with Crippen molar-refractivity contribution in [2.75, 3.05) is 6.54 Å². The SMILES string of the molecule is CCNC(CC)CC(C)Br. The Labute approximate surface area is 72.7 Å². The van der Waals surface area contributed by atoms with Crippen LogP contribution < -0.4 is 5.32 Å². The van der Waals surface area contributed by atoms with Crippen LogP contribution >= 0.6 is 15.9 Å². The van der Waals surface area contributed by atoms with Crippen LogP contribution in [0.2, 0.25) is 0 Å². The van der Waals surface area contributed by atoms with E-state index in [0.717, 1.165) is 6.54 Å². The predicted molar refractivity (Wildman–Crippen MR) is 50.8 cm³/mol. The molecule has 2 unspecified atom stereocenters. The van der Waals surface area contributed by atoms with E-state index in [1.54, 1.807) is 0 Å². The highest BCUT2D eigenvalue weighted by Crippen LogP contribution is 2.08. The maximum Gasteiger partial charge on any atom is 0.0132 e. The molecule has 62 valence electrons. The molecule has 2 heteroatoms. The molecule has 0 rings (SSSR count). The van der Waals surface area contributed by atoms with E-state index in [4.69, 9.17) is 0 Å². The smallest absolute Gasteiger partial charge is 0.0132 e. The van der Waals surface area contributed by atoms with Crippen molar-refractivity contribution in [1.82, 2.24) is 5.32 Å². The van der Waals surface area contributed by atoms with Crippen molar-refractivity contribution in [2.24, 2.45) is 0 Å². The Morgan fingerprint density at radius 1 is 1.40 bits per heavy atom. The number of rotatable bonds is 5. The molecule has 0 fully saturated rings. The van der Waals surface area contributed by atoms with Crippen LogP contribution in [0.3, 0.4) is 0 Å². The van der Waals surface area contributed by atoms with Gasteiger partial charge in [-0.2, -0.15) is 0 Å². The molecule has 0 spiro atoms. The minimum absolute atomic E-state index is 0.636. The first-order valence-electron chi connectivity index (χ1n) is 4.08. The lowest BCUT2D eigenvalue weighted by atomic mass is 10.1. The molecular formula is C8H18BrN. The van der Waals surface area contributed by atoms with E-state index < -0.39 is 0 Å². The van der Waals surface area contributed by atoms with E-state index >= 15 is 0 Å². The molecule has 0 aromatic carbocycles. The van der Waals surface area contributed by atoms with Crippen LogP contribution in [-0.4, -0.2) is 17.4 Å². The van der Waals surface area contributed by atoms with Gasteiger partial charge < -0.3 is 5.32 Å². The maximum absolute atomic E-state index is 3.55. The van der Waals surface area contributed by atoms with Gasteiger partial charge in [0.25, 0.3) is 0 Å². The van der Waals surface area contributed by atoms with Gasteiger partial charge in [-0.25, -0.2) is 0 Å². The summed E-state index contributed by atoms with van der Waals surface area (Å²) in [5, 5.41) is 3.43. The number of nitrogens with one attached hydrogen (secondary N) is 1. The fourth-order valence-electron chi connectivity index (χ4n) is 1.08. The third-order valence-electron chi connectivity index (χ3n) is 1.59. The average Bonchev–Trinajstić information content (AvgIpc) is 1.86. The quantitative estimate of drug-likeness (QED) is 0.684. The molecule has 1 nitrogen and oxygen atoms in total. The largest absolute Gasteiger partial charge is 0.314 e. The summed E-state index contributed by atoms with van der Waals surface area (Å²) in [7, 11) is 0. The molecule has 0 amide bonds. The van der Waals surface area contributed by atoms with Crippen molar-refractivity contribution in [3.8, 4) is 0 Å². The normalized spacial score (nSPS) is 16.8. The van der Waals surface area contributed by atoms with Gasteiger partial charge in [0, 0.05) is 10.9 Å². The van der Waals surface area contributed by atoms with Gasteiger partial charge in [-0.15, -0.1) is 0 Å². The van der Waals surface area contributed by atoms with Gasteiger partial charge in [-0.05, 0) is 19.4 Å². The molecule has 0 aliphatic carbocycles. The second-order valence-electron chi connectivity index (χ2n) is 2.68. The summed E-state index contributed by atoms with van der Waals surface area (Å²) in [6.45, 7) is 7.66. The summed E-state index contributed by atoms with van der Waals surface area (Å²) < 4.78 is 0. The molecule has 0 heterocycles.